The van der Waals surface area contributed by atoms with Crippen molar-refractivity contribution >= 4 is 5.78 Å². The van der Waals surface area contributed by atoms with Gasteiger partial charge in [-0.3, -0.25) is 4.79 Å². The summed E-state index contributed by atoms with van der Waals surface area (Å²) in [5.74, 6) is 1.42. The number of carbonyl (C=O) groups excluding carboxylic acids is 1. The second kappa shape index (κ2) is 4.04. The first kappa shape index (κ1) is 9.72. The molecule has 2 nitrogen and oxygen atoms in total. The van der Waals surface area contributed by atoms with Gasteiger partial charge in [0.05, 0.1) is 6.04 Å². The summed E-state index contributed by atoms with van der Waals surface area (Å²) >= 11 is 0. The number of carbonyl (C=O) groups is 1. The fraction of sp³-hybridized carbons (Fsp3) is 0.900. The van der Waals surface area contributed by atoms with Crippen molar-refractivity contribution in [2.45, 2.75) is 39.7 Å². The molecule has 0 aromatic carbocycles. The Morgan fingerprint density at radius 2 is 2.33 bits per heavy atom. The molecule has 0 radical (unpaired) electrons. The summed E-state index contributed by atoms with van der Waals surface area (Å²) < 4.78 is 0. The number of piperidine rings is 1. The molecule has 2 heteroatoms. The molecule has 0 spiro atoms. The third-order valence-corrected chi connectivity index (χ3v) is 2.80. The lowest BCUT2D eigenvalue weighted by atomic mass is 9.87. The zero-order valence-corrected chi connectivity index (χ0v) is 8.26. The summed E-state index contributed by atoms with van der Waals surface area (Å²) in [6.07, 6.45) is 1.85. The number of nitrogens with one attached hydrogen (secondary N) is 1. The van der Waals surface area contributed by atoms with E-state index in [4.69, 9.17) is 0 Å². The Morgan fingerprint density at radius 3 is 2.83 bits per heavy atom. The molecular weight excluding hydrogens is 150 g/mol. The molecule has 1 unspecified atom stereocenters. The highest BCUT2D eigenvalue weighted by molar-refractivity contribution is 5.85. The summed E-state index contributed by atoms with van der Waals surface area (Å²) in [6.45, 7) is 7.40. The molecule has 0 amide bonds. The predicted octanol–water partition coefficient (Wildman–Crippen LogP) is 1.60. The first-order chi connectivity index (χ1) is 5.65. The van der Waals surface area contributed by atoms with Crippen LogP contribution in [0.5, 0.6) is 0 Å². The molecule has 1 N–H and O–H groups in total. The normalized spacial score (nSPS) is 33.4. The molecule has 0 saturated carbocycles. The quantitative estimate of drug-likeness (QED) is 0.680. The highest BCUT2D eigenvalue weighted by Crippen LogP contribution is 2.17. The van der Waals surface area contributed by atoms with Crippen LogP contribution in [-0.2, 0) is 4.79 Å². The van der Waals surface area contributed by atoms with Crippen LogP contribution >= 0.6 is 0 Å². The first-order valence-electron chi connectivity index (χ1n) is 4.91. The molecule has 0 aromatic heterocycles. The van der Waals surface area contributed by atoms with E-state index in [1.54, 1.807) is 0 Å². The summed E-state index contributed by atoms with van der Waals surface area (Å²) in [5.41, 5.74) is 0. The third-order valence-electron chi connectivity index (χ3n) is 2.80. The molecule has 3 atom stereocenters. The molecule has 1 fully saturated rings. The Morgan fingerprint density at radius 1 is 1.67 bits per heavy atom. The molecular formula is C10H19NO. The van der Waals surface area contributed by atoms with Crippen molar-refractivity contribution in [2.75, 3.05) is 6.54 Å². The number of Topliss-reactive ketones (excluding diaryl/α,β-unsaturated/α-hetero) is 1. The van der Waals surface area contributed by atoms with Gasteiger partial charge in [0.2, 0.25) is 0 Å². The van der Waals surface area contributed by atoms with Crippen molar-refractivity contribution in [3.05, 3.63) is 0 Å². The lowest BCUT2D eigenvalue weighted by Gasteiger charge is -2.30. The average Bonchev–Trinajstić information content (AvgIpc) is 2.03. The van der Waals surface area contributed by atoms with Crippen molar-refractivity contribution in [3.8, 4) is 0 Å². The van der Waals surface area contributed by atoms with Crippen LogP contribution in [0, 0.1) is 11.8 Å². The van der Waals surface area contributed by atoms with Crippen LogP contribution < -0.4 is 5.32 Å². The number of hydrogen-bond donors (Lipinski definition) is 1. The van der Waals surface area contributed by atoms with Crippen molar-refractivity contribution in [1.29, 1.82) is 0 Å². The zero-order chi connectivity index (χ0) is 9.14. The Labute approximate surface area is 74.7 Å². The van der Waals surface area contributed by atoms with Gasteiger partial charge in [-0.25, -0.2) is 0 Å². The third kappa shape index (κ3) is 2.07. The minimum Gasteiger partial charge on any atom is -0.307 e. The summed E-state index contributed by atoms with van der Waals surface area (Å²) in [4.78, 5) is 11.5. The largest absolute Gasteiger partial charge is 0.307 e. The fourth-order valence-corrected chi connectivity index (χ4v) is 1.74. The molecule has 1 heterocycles. The van der Waals surface area contributed by atoms with Crippen LogP contribution in [0.3, 0.4) is 0 Å². The van der Waals surface area contributed by atoms with Gasteiger partial charge in [0.25, 0.3) is 0 Å². The second-order valence-electron chi connectivity index (χ2n) is 4.05. The van der Waals surface area contributed by atoms with Gasteiger partial charge in [-0.05, 0) is 18.4 Å². The molecule has 0 bridgehead atoms. The molecule has 70 valence electrons. The molecule has 0 aromatic rings. The van der Waals surface area contributed by atoms with Gasteiger partial charge in [0.1, 0.15) is 5.78 Å². The predicted molar refractivity (Wildman–Crippen MR) is 50.0 cm³/mol. The van der Waals surface area contributed by atoms with Gasteiger partial charge in [-0.15, -0.1) is 0 Å². The second-order valence-corrected chi connectivity index (χ2v) is 4.05. The zero-order valence-electron chi connectivity index (χ0n) is 8.26. The molecule has 1 saturated heterocycles. The molecule has 1 aliphatic heterocycles. The highest BCUT2D eigenvalue weighted by Gasteiger charge is 2.28. The van der Waals surface area contributed by atoms with Crippen LogP contribution in [0.15, 0.2) is 0 Å². The van der Waals surface area contributed by atoms with Gasteiger partial charge in [-0.2, -0.15) is 0 Å². The maximum absolute atomic E-state index is 11.5. The lowest BCUT2D eigenvalue weighted by molar-refractivity contribution is -0.124. The van der Waals surface area contributed by atoms with Crippen molar-refractivity contribution in [2.24, 2.45) is 11.8 Å². The average molecular weight is 169 g/mol. The van der Waals surface area contributed by atoms with E-state index < -0.39 is 0 Å². The first-order valence-corrected chi connectivity index (χ1v) is 4.91. The number of rotatable bonds is 2. The Bertz CT molecular complexity index is 167. The van der Waals surface area contributed by atoms with E-state index in [0.29, 0.717) is 17.6 Å². The fourth-order valence-electron chi connectivity index (χ4n) is 1.74. The van der Waals surface area contributed by atoms with Crippen molar-refractivity contribution < 1.29 is 4.79 Å². The standard InChI is InChI=1S/C10H19NO/c1-4-8(3)10-9(12)5-7(2)6-11-10/h7-8,10-11H,4-6H2,1-3H3/t7?,8-,10+/m1/s1. The SMILES string of the molecule is CC[C@@H](C)[C@@H]1NCC(C)CC1=O. The maximum atomic E-state index is 11.5. The van der Waals surface area contributed by atoms with E-state index in [2.05, 4.69) is 26.1 Å². The summed E-state index contributed by atoms with van der Waals surface area (Å²) in [5, 5.41) is 3.32. The van der Waals surface area contributed by atoms with E-state index in [-0.39, 0.29) is 6.04 Å². The van der Waals surface area contributed by atoms with Gasteiger partial charge < -0.3 is 5.32 Å². The van der Waals surface area contributed by atoms with Crippen LogP contribution in [-0.4, -0.2) is 18.4 Å². The van der Waals surface area contributed by atoms with E-state index in [1.807, 2.05) is 0 Å². The Kier molecular flexibility index (Phi) is 3.27. The van der Waals surface area contributed by atoms with Crippen LogP contribution in [0.25, 0.3) is 0 Å². The van der Waals surface area contributed by atoms with Gasteiger partial charge in [-0.1, -0.05) is 27.2 Å². The van der Waals surface area contributed by atoms with Crippen LogP contribution in [0.4, 0.5) is 0 Å². The lowest BCUT2D eigenvalue weighted by Crippen LogP contribution is -2.48. The molecule has 0 aliphatic carbocycles. The van der Waals surface area contributed by atoms with Gasteiger partial charge >= 0.3 is 0 Å². The topological polar surface area (TPSA) is 29.1 Å². The van der Waals surface area contributed by atoms with E-state index in [9.17, 15) is 4.79 Å². The van der Waals surface area contributed by atoms with Crippen LogP contribution in [0.1, 0.15) is 33.6 Å². The van der Waals surface area contributed by atoms with Gasteiger partial charge in [0.15, 0.2) is 0 Å². The molecule has 12 heavy (non-hydrogen) atoms. The van der Waals surface area contributed by atoms with Gasteiger partial charge in [0, 0.05) is 6.42 Å². The maximum Gasteiger partial charge on any atom is 0.150 e. The summed E-state index contributed by atoms with van der Waals surface area (Å²) in [7, 11) is 0. The molecule has 1 rings (SSSR count). The highest BCUT2D eigenvalue weighted by atomic mass is 16.1. The van der Waals surface area contributed by atoms with E-state index >= 15 is 0 Å². The minimum atomic E-state index is 0.131. The van der Waals surface area contributed by atoms with Crippen molar-refractivity contribution in [1.82, 2.24) is 5.32 Å². The van der Waals surface area contributed by atoms with E-state index in [1.165, 1.54) is 0 Å². The number of hydrogen-bond acceptors (Lipinski definition) is 2. The monoisotopic (exact) mass is 169 g/mol. The Balaban J connectivity index is 2.50. The van der Waals surface area contributed by atoms with Crippen LogP contribution in [0.2, 0.25) is 0 Å². The number of ketones is 1. The van der Waals surface area contributed by atoms with Crippen molar-refractivity contribution in [3.63, 3.8) is 0 Å². The Hall–Kier alpha value is -0.370. The smallest absolute Gasteiger partial charge is 0.150 e. The molecule has 1 aliphatic rings. The summed E-state index contributed by atoms with van der Waals surface area (Å²) in [6, 6.07) is 0.131. The van der Waals surface area contributed by atoms with E-state index in [0.717, 1.165) is 19.4 Å². The minimum absolute atomic E-state index is 0.131.